The predicted octanol–water partition coefficient (Wildman–Crippen LogP) is 4.97. The minimum Gasteiger partial charge on any atom is -0.288 e. The summed E-state index contributed by atoms with van der Waals surface area (Å²) in [5.74, 6) is -35.3. The Morgan fingerprint density at radius 1 is 0.353 bits per heavy atom. The van der Waals surface area contributed by atoms with E-state index in [-0.39, 0.29) is 0 Å². The van der Waals surface area contributed by atoms with Gasteiger partial charge >= 0.3 is 66.0 Å². The van der Waals surface area contributed by atoms with E-state index in [0.29, 0.717) is 0 Å². The first-order valence-corrected chi connectivity index (χ1v) is 7.44. The van der Waals surface area contributed by atoms with Crippen molar-refractivity contribution in [3.05, 3.63) is 0 Å². The number of hydrogen-bond donors (Lipinski definition) is 0. The third-order valence-corrected chi connectivity index (χ3v) is 4.47. The van der Waals surface area contributed by atoms with E-state index in [1.807, 2.05) is 0 Å². The van der Waals surface area contributed by atoms with Gasteiger partial charge in [0.15, 0.2) is 0 Å². The summed E-state index contributed by atoms with van der Waals surface area (Å²) in [6.45, 7) is 0. The highest BCUT2D eigenvalue weighted by Crippen LogP contribution is 2.75. The molecule has 0 unspecified atom stereocenters. The Bertz CT molecular complexity index is 847. The molecule has 0 spiro atoms. The molecular formula is C11F18O5. The normalized spacial score (nSPS) is 41.8. The van der Waals surface area contributed by atoms with Crippen molar-refractivity contribution in [3.63, 3.8) is 0 Å². The number of halogens is 18. The zero-order valence-electron chi connectivity index (χ0n) is 14.3. The van der Waals surface area contributed by atoms with Crippen molar-refractivity contribution in [3.8, 4) is 0 Å². The Morgan fingerprint density at radius 3 is 1.03 bits per heavy atom. The van der Waals surface area contributed by atoms with Crippen molar-refractivity contribution in [1.29, 1.82) is 0 Å². The van der Waals surface area contributed by atoms with Crippen LogP contribution >= 0.6 is 0 Å². The van der Waals surface area contributed by atoms with Crippen LogP contribution in [0.2, 0.25) is 0 Å². The number of ether oxygens (including phenoxy) is 5. The number of hydrogen-bond acceptors (Lipinski definition) is 5. The van der Waals surface area contributed by atoms with Gasteiger partial charge in [0, 0.05) is 0 Å². The van der Waals surface area contributed by atoms with Crippen molar-refractivity contribution in [2.75, 3.05) is 0 Å². The van der Waals surface area contributed by atoms with Crippen LogP contribution in [0.1, 0.15) is 0 Å². The quantitative estimate of drug-likeness (QED) is 0.397. The van der Waals surface area contributed by atoms with Gasteiger partial charge in [-0.3, -0.25) is 23.7 Å². The van der Waals surface area contributed by atoms with Gasteiger partial charge in [-0.05, 0) is 0 Å². The molecule has 0 saturated carbocycles. The van der Waals surface area contributed by atoms with Gasteiger partial charge < -0.3 is 0 Å². The second-order valence-corrected chi connectivity index (χ2v) is 6.57. The summed E-state index contributed by atoms with van der Waals surface area (Å²) in [4.78, 5) is 0. The van der Waals surface area contributed by atoms with Crippen LogP contribution in [0.5, 0.6) is 0 Å². The minimum atomic E-state index is -7.57. The molecule has 0 amide bonds. The molecule has 0 radical (unpaired) electrons. The van der Waals surface area contributed by atoms with Crippen molar-refractivity contribution < 1.29 is 103 Å². The molecule has 23 heteroatoms. The lowest BCUT2D eigenvalue weighted by Gasteiger charge is -2.51. The highest BCUT2D eigenvalue weighted by Gasteiger charge is 3.06. The van der Waals surface area contributed by atoms with Crippen LogP contribution in [0.15, 0.2) is 0 Å². The minimum absolute atomic E-state index is 2.08. The highest BCUT2D eigenvalue weighted by molar-refractivity contribution is 5.20. The van der Waals surface area contributed by atoms with Crippen molar-refractivity contribution in [2.45, 2.75) is 66.0 Å². The molecule has 0 aromatic carbocycles. The molecule has 0 aromatic heterocycles. The molecule has 3 heterocycles. The van der Waals surface area contributed by atoms with E-state index in [1.165, 1.54) is 0 Å². The largest absolute Gasteiger partial charge is 0.453 e. The average Bonchev–Trinajstić information content (AvgIpc) is 2.86. The van der Waals surface area contributed by atoms with Crippen molar-refractivity contribution >= 4 is 0 Å². The Labute approximate surface area is 170 Å². The third-order valence-electron chi connectivity index (χ3n) is 4.47. The van der Waals surface area contributed by atoms with Gasteiger partial charge in [-0.2, -0.15) is 79.0 Å². The van der Waals surface area contributed by atoms with Gasteiger partial charge in [0.05, 0.1) is 0 Å². The molecule has 3 aliphatic rings. The molecule has 3 aliphatic heterocycles. The van der Waals surface area contributed by atoms with Crippen LogP contribution in [0, 0.1) is 0 Å². The molecule has 4 atom stereocenters. The number of rotatable bonds is 0. The Morgan fingerprint density at radius 2 is 0.676 bits per heavy atom. The number of fused-ring (bicyclic) bond motifs is 3. The van der Waals surface area contributed by atoms with Gasteiger partial charge in [-0.1, -0.05) is 0 Å². The maximum absolute atomic E-state index is 15.1. The molecular weight excluding hydrogens is 554 g/mol. The monoisotopic (exact) mass is 554 g/mol. The van der Waals surface area contributed by atoms with Crippen LogP contribution in [-0.4, -0.2) is 66.0 Å². The summed E-state index contributed by atoms with van der Waals surface area (Å²) in [7, 11) is 0. The Kier molecular flexibility index (Phi) is 4.85. The van der Waals surface area contributed by atoms with Crippen LogP contribution in [0.25, 0.3) is 0 Å². The van der Waals surface area contributed by atoms with Crippen LogP contribution in [-0.2, 0) is 23.7 Å². The molecule has 0 bridgehead atoms. The molecule has 3 saturated heterocycles. The van der Waals surface area contributed by atoms with E-state index in [1.54, 1.807) is 0 Å². The van der Waals surface area contributed by atoms with E-state index < -0.39 is 66.0 Å². The third kappa shape index (κ3) is 2.64. The maximum Gasteiger partial charge on any atom is 0.453 e. The van der Waals surface area contributed by atoms with Crippen LogP contribution < -0.4 is 0 Å². The van der Waals surface area contributed by atoms with Gasteiger partial charge in [0.25, 0.3) is 0 Å². The standard InChI is InChI=1S/C11F18O5/c12-1-2(13,10(27,28)33-4(30-1,6(15,16)17)7(18,19)20)32-11(29)3(1,14)31-5(34-11,8(21,22)23)9(24,25)26/t1-,2-,3+,11-/m0/s1. The lowest BCUT2D eigenvalue weighted by atomic mass is 9.98. The fourth-order valence-corrected chi connectivity index (χ4v) is 2.96. The summed E-state index contributed by atoms with van der Waals surface area (Å²) in [6, 6.07) is -6.62. The SMILES string of the molecule is FC(F)(F)C1(C(F)(F)F)O[C@@]2(F)O[C@]3(F)C(F)(F)OC(C(F)(F)F)(C(F)(F)F)O[C@]3(F)[C@@]2(F)O1. The summed E-state index contributed by atoms with van der Waals surface area (Å²) in [5.41, 5.74) is 0. The average molecular weight is 554 g/mol. The molecule has 34 heavy (non-hydrogen) atoms. The van der Waals surface area contributed by atoms with Gasteiger partial charge in [-0.15, -0.1) is 0 Å². The molecule has 0 aliphatic carbocycles. The van der Waals surface area contributed by atoms with E-state index >= 15 is 4.39 Å². The Balaban J connectivity index is 2.35. The van der Waals surface area contributed by atoms with Crippen molar-refractivity contribution in [2.24, 2.45) is 0 Å². The summed E-state index contributed by atoms with van der Waals surface area (Å²) < 4.78 is 254. The van der Waals surface area contributed by atoms with E-state index in [0.717, 1.165) is 0 Å². The molecule has 200 valence electrons. The van der Waals surface area contributed by atoms with E-state index in [2.05, 4.69) is 23.7 Å². The summed E-state index contributed by atoms with van der Waals surface area (Å²) >= 11 is 0. The zero-order valence-corrected chi connectivity index (χ0v) is 14.3. The first-order valence-electron chi connectivity index (χ1n) is 7.44. The molecule has 0 N–H and O–H groups in total. The lowest BCUT2D eigenvalue weighted by Crippen LogP contribution is -2.80. The second-order valence-electron chi connectivity index (χ2n) is 6.57. The first-order chi connectivity index (χ1) is 14.5. The van der Waals surface area contributed by atoms with Crippen LogP contribution in [0.3, 0.4) is 0 Å². The van der Waals surface area contributed by atoms with Gasteiger partial charge in [-0.25, -0.2) is 0 Å². The smallest absolute Gasteiger partial charge is 0.288 e. The lowest BCUT2D eigenvalue weighted by molar-refractivity contribution is -0.626. The molecule has 0 aromatic rings. The summed E-state index contributed by atoms with van der Waals surface area (Å²) in [6.07, 6.45) is -37.1. The maximum atomic E-state index is 15.1. The first kappa shape index (κ1) is 27.1. The molecule has 3 fully saturated rings. The summed E-state index contributed by atoms with van der Waals surface area (Å²) in [5, 5.41) is 0. The molecule has 3 rings (SSSR count). The number of alkyl halides is 18. The Hall–Kier alpha value is -1.46. The van der Waals surface area contributed by atoms with Gasteiger partial charge in [0.2, 0.25) is 0 Å². The van der Waals surface area contributed by atoms with Crippen molar-refractivity contribution in [1.82, 2.24) is 0 Å². The molecule has 5 nitrogen and oxygen atoms in total. The highest BCUT2D eigenvalue weighted by atomic mass is 19.4. The van der Waals surface area contributed by atoms with E-state index in [9.17, 15) is 74.6 Å². The van der Waals surface area contributed by atoms with E-state index in [4.69, 9.17) is 0 Å². The van der Waals surface area contributed by atoms with Gasteiger partial charge in [0.1, 0.15) is 0 Å². The predicted molar refractivity (Wildman–Crippen MR) is 55.4 cm³/mol. The zero-order chi connectivity index (χ0) is 27.0. The topological polar surface area (TPSA) is 46.2 Å². The van der Waals surface area contributed by atoms with Crippen LogP contribution in [0.4, 0.5) is 79.0 Å². The second kappa shape index (κ2) is 6.08. The fourth-order valence-electron chi connectivity index (χ4n) is 2.96. The fraction of sp³-hybridized carbons (Fsp3) is 1.00.